The van der Waals surface area contributed by atoms with Crippen molar-refractivity contribution in [2.75, 3.05) is 0 Å². The van der Waals surface area contributed by atoms with Crippen molar-refractivity contribution in [3.8, 4) is 11.3 Å². The fraction of sp³-hybridized carbons (Fsp3) is 0.333. The van der Waals surface area contributed by atoms with E-state index in [0.717, 1.165) is 23.4 Å². The summed E-state index contributed by atoms with van der Waals surface area (Å²) in [6.45, 7) is 8.21. The Morgan fingerprint density at radius 2 is 1.78 bits per heavy atom. The van der Waals surface area contributed by atoms with Gasteiger partial charge in [-0.15, -0.1) is 0 Å². The zero-order valence-corrected chi connectivity index (χ0v) is 11.5. The number of hydrogen-bond acceptors (Lipinski definition) is 2. The zero-order valence-electron chi connectivity index (χ0n) is 11.5. The molecule has 0 saturated heterocycles. The highest BCUT2D eigenvalue weighted by Crippen LogP contribution is 2.29. The molecule has 0 radical (unpaired) electrons. The predicted octanol–water partition coefficient (Wildman–Crippen LogP) is 3.13. The lowest BCUT2D eigenvalue weighted by Gasteiger charge is -2.12. The maximum atomic E-state index is 11.2. The van der Waals surface area contributed by atoms with Crippen LogP contribution in [0.1, 0.15) is 33.0 Å². The van der Waals surface area contributed by atoms with E-state index < -0.39 is 0 Å². The summed E-state index contributed by atoms with van der Waals surface area (Å²) in [4.78, 5) is 15.4. The molecule has 0 atom stereocenters. The molecule has 2 rings (SSSR count). The van der Waals surface area contributed by atoms with Crippen molar-refractivity contribution in [2.45, 2.75) is 27.7 Å². The van der Waals surface area contributed by atoms with E-state index in [1.807, 2.05) is 18.5 Å². The van der Waals surface area contributed by atoms with Crippen LogP contribution < -0.4 is 0 Å². The van der Waals surface area contributed by atoms with Crippen molar-refractivity contribution >= 4 is 6.29 Å². The van der Waals surface area contributed by atoms with E-state index in [1.54, 1.807) is 0 Å². The molecule has 18 heavy (non-hydrogen) atoms. The standard InChI is InChI=1S/C15H18N2O/c1-9-6-7-13(11(3)10(9)2)15-14(8-18)16-12(4)17(15)5/h6-8H,1-5H3. The second-order valence-electron chi connectivity index (χ2n) is 4.75. The Balaban J connectivity index is 2.77. The Morgan fingerprint density at radius 1 is 1.11 bits per heavy atom. The van der Waals surface area contributed by atoms with Crippen LogP contribution in [0, 0.1) is 27.7 Å². The number of hydrogen-bond donors (Lipinski definition) is 0. The summed E-state index contributed by atoms with van der Waals surface area (Å²) in [5, 5.41) is 0. The molecule has 0 unspecified atom stereocenters. The first-order valence-corrected chi connectivity index (χ1v) is 6.03. The van der Waals surface area contributed by atoms with Gasteiger partial charge in [0.1, 0.15) is 11.5 Å². The molecule has 0 aliphatic carbocycles. The molecule has 0 spiro atoms. The van der Waals surface area contributed by atoms with E-state index in [4.69, 9.17) is 0 Å². The lowest BCUT2D eigenvalue weighted by molar-refractivity contribution is 0.112. The normalized spacial score (nSPS) is 10.7. The molecule has 2 aromatic rings. The minimum Gasteiger partial charge on any atom is -0.331 e. The molecule has 0 saturated carbocycles. The predicted molar refractivity (Wildman–Crippen MR) is 73.0 cm³/mol. The Kier molecular flexibility index (Phi) is 3.07. The molecular weight excluding hydrogens is 224 g/mol. The molecule has 0 N–H and O–H groups in total. The average molecular weight is 242 g/mol. The molecule has 0 amide bonds. The molecule has 1 aromatic carbocycles. The van der Waals surface area contributed by atoms with Gasteiger partial charge < -0.3 is 4.57 Å². The zero-order chi connectivity index (χ0) is 13.4. The average Bonchev–Trinajstić information content (AvgIpc) is 2.63. The van der Waals surface area contributed by atoms with Crippen LogP contribution in [-0.2, 0) is 7.05 Å². The van der Waals surface area contributed by atoms with Crippen molar-refractivity contribution < 1.29 is 4.79 Å². The van der Waals surface area contributed by atoms with Gasteiger partial charge in [-0.05, 0) is 44.4 Å². The van der Waals surface area contributed by atoms with Gasteiger partial charge in [-0.3, -0.25) is 4.79 Å². The summed E-state index contributed by atoms with van der Waals surface area (Å²) in [6, 6.07) is 4.16. The molecule has 0 aliphatic heterocycles. The lowest BCUT2D eigenvalue weighted by Crippen LogP contribution is -1.99. The molecule has 1 aromatic heterocycles. The topological polar surface area (TPSA) is 34.9 Å². The van der Waals surface area contributed by atoms with E-state index in [2.05, 4.69) is 37.9 Å². The molecule has 0 bridgehead atoms. The van der Waals surface area contributed by atoms with E-state index >= 15 is 0 Å². The fourth-order valence-electron chi connectivity index (χ4n) is 2.25. The number of aryl methyl sites for hydroxylation is 2. The number of carbonyl (C=O) groups excluding carboxylic acids is 1. The van der Waals surface area contributed by atoms with Gasteiger partial charge >= 0.3 is 0 Å². The van der Waals surface area contributed by atoms with Gasteiger partial charge in [-0.2, -0.15) is 0 Å². The number of carbonyl (C=O) groups is 1. The molecule has 94 valence electrons. The molecule has 1 heterocycles. The van der Waals surface area contributed by atoms with Crippen LogP contribution in [0.2, 0.25) is 0 Å². The van der Waals surface area contributed by atoms with Gasteiger partial charge in [0.15, 0.2) is 6.29 Å². The number of aldehydes is 1. The first-order chi connectivity index (χ1) is 8.47. The van der Waals surface area contributed by atoms with Gasteiger partial charge in [0.25, 0.3) is 0 Å². The number of nitrogens with zero attached hydrogens (tertiary/aromatic N) is 2. The minimum atomic E-state index is 0.515. The smallest absolute Gasteiger partial charge is 0.170 e. The van der Waals surface area contributed by atoms with Crippen LogP contribution in [-0.4, -0.2) is 15.8 Å². The number of benzene rings is 1. The van der Waals surface area contributed by atoms with Crippen LogP contribution in [0.15, 0.2) is 12.1 Å². The summed E-state index contributed by atoms with van der Waals surface area (Å²) >= 11 is 0. The van der Waals surface area contributed by atoms with Crippen molar-refractivity contribution in [1.82, 2.24) is 9.55 Å². The second-order valence-corrected chi connectivity index (χ2v) is 4.75. The Hall–Kier alpha value is -1.90. The molecule has 0 aliphatic rings. The van der Waals surface area contributed by atoms with Crippen molar-refractivity contribution in [2.24, 2.45) is 7.05 Å². The highest BCUT2D eigenvalue weighted by atomic mass is 16.1. The first kappa shape index (κ1) is 12.6. The largest absolute Gasteiger partial charge is 0.331 e. The van der Waals surface area contributed by atoms with Gasteiger partial charge in [0.2, 0.25) is 0 Å². The van der Waals surface area contributed by atoms with Crippen molar-refractivity contribution in [3.63, 3.8) is 0 Å². The lowest BCUT2D eigenvalue weighted by atomic mass is 9.96. The van der Waals surface area contributed by atoms with Crippen LogP contribution in [0.5, 0.6) is 0 Å². The van der Waals surface area contributed by atoms with E-state index in [-0.39, 0.29) is 0 Å². The van der Waals surface area contributed by atoms with Gasteiger partial charge in [-0.25, -0.2) is 4.98 Å². The minimum absolute atomic E-state index is 0.515. The Bertz CT molecular complexity index is 624. The fourth-order valence-corrected chi connectivity index (χ4v) is 2.25. The van der Waals surface area contributed by atoms with E-state index in [0.29, 0.717) is 5.69 Å². The SMILES string of the molecule is Cc1ccc(-c2c(C=O)nc(C)n2C)c(C)c1C. The van der Waals surface area contributed by atoms with Crippen molar-refractivity contribution in [1.29, 1.82) is 0 Å². The van der Waals surface area contributed by atoms with Crippen molar-refractivity contribution in [3.05, 3.63) is 40.3 Å². The number of imidazole rings is 1. The van der Waals surface area contributed by atoms with E-state index in [1.165, 1.54) is 16.7 Å². The van der Waals surface area contributed by atoms with Crippen LogP contribution in [0.25, 0.3) is 11.3 Å². The maximum Gasteiger partial charge on any atom is 0.170 e. The summed E-state index contributed by atoms with van der Waals surface area (Å²) in [5.41, 5.74) is 6.25. The maximum absolute atomic E-state index is 11.2. The highest BCUT2D eigenvalue weighted by molar-refractivity contribution is 5.85. The first-order valence-electron chi connectivity index (χ1n) is 6.03. The Labute approximate surface area is 107 Å². The second kappa shape index (κ2) is 4.41. The van der Waals surface area contributed by atoms with Crippen LogP contribution in [0.4, 0.5) is 0 Å². The summed E-state index contributed by atoms with van der Waals surface area (Å²) in [5.74, 6) is 0.852. The third-order valence-corrected chi connectivity index (χ3v) is 3.77. The highest BCUT2D eigenvalue weighted by Gasteiger charge is 2.16. The molecule has 0 fully saturated rings. The molecular formula is C15H18N2O. The summed E-state index contributed by atoms with van der Waals surface area (Å²) in [7, 11) is 1.94. The third-order valence-electron chi connectivity index (χ3n) is 3.77. The molecule has 3 nitrogen and oxygen atoms in total. The number of aromatic nitrogens is 2. The van der Waals surface area contributed by atoms with Crippen LogP contribution >= 0.6 is 0 Å². The summed E-state index contributed by atoms with van der Waals surface area (Å²) < 4.78 is 1.97. The van der Waals surface area contributed by atoms with Gasteiger partial charge in [-0.1, -0.05) is 12.1 Å². The monoisotopic (exact) mass is 242 g/mol. The number of rotatable bonds is 2. The molecule has 3 heteroatoms. The third kappa shape index (κ3) is 1.76. The van der Waals surface area contributed by atoms with E-state index in [9.17, 15) is 4.79 Å². The summed E-state index contributed by atoms with van der Waals surface area (Å²) in [6.07, 6.45) is 0.830. The van der Waals surface area contributed by atoms with Gasteiger partial charge in [0, 0.05) is 12.6 Å². The Morgan fingerprint density at radius 3 is 2.39 bits per heavy atom. The van der Waals surface area contributed by atoms with Crippen LogP contribution in [0.3, 0.4) is 0 Å². The quantitative estimate of drug-likeness (QED) is 0.758. The van der Waals surface area contributed by atoms with Gasteiger partial charge in [0.05, 0.1) is 5.69 Å².